The van der Waals surface area contributed by atoms with Crippen molar-refractivity contribution in [3.05, 3.63) is 59.1 Å². The van der Waals surface area contributed by atoms with Crippen LogP contribution in [0.3, 0.4) is 0 Å². The maximum atomic E-state index is 13.2. The first-order valence-corrected chi connectivity index (χ1v) is 12.8. The SMILES string of the molecule is CS(=O)(=O)c1cccc(N2CCN(C3CCC(CN)(c4cccc(Cl)c4)CC3)C2=O)c1.Cl. The van der Waals surface area contributed by atoms with E-state index in [1.807, 2.05) is 23.1 Å². The standard InChI is InChI=1S/C23H28ClN3O3S.ClH/c1-31(29,30)21-7-3-6-20(15-21)27-13-12-26(22(27)28)19-8-10-23(16-25,11-9-19)17-4-2-5-18(24)14-17;/h2-7,14-15,19H,8-13,16,25H2,1H3;1H. The normalized spacial score (nSPS) is 23.8. The number of nitrogens with two attached hydrogens (primary N) is 1. The van der Waals surface area contributed by atoms with Gasteiger partial charge in [-0.1, -0.05) is 29.8 Å². The minimum atomic E-state index is -3.32. The van der Waals surface area contributed by atoms with Gasteiger partial charge in [-0.05, 0) is 61.6 Å². The van der Waals surface area contributed by atoms with Crippen LogP contribution >= 0.6 is 24.0 Å². The molecule has 174 valence electrons. The van der Waals surface area contributed by atoms with Gasteiger partial charge in [0.2, 0.25) is 0 Å². The van der Waals surface area contributed by atoms with E-state index in [0.717, 1.165) is 25.7 Å². The van der Waals surface area contributed by atoms with Crippen molar-refractivity contribution in [2.24, 2.45) is 5.73 Å². The predicted octanol–water partition coefficient (Wildman–Crippen LogP) is 4.25. The summed E-state index contributed by atoms with van der Waals surface area (Å²) >= 11 is 6.21. The number of amides is 2. The second-order valence-electron chi connectivity index (χ2n) is 8.62. The molecule has 1 heterocycles. The molecule has 4 rings (SSSR count). The van der Waals surface area contributed by atoms with E-state index < -0.39 is 9.84 Å². The Morgan fingerprint density at radius 3 is 2.41 bits per heavy atom. The second kappa shape index (κ2) is 9.59. The van der Waals surface area contributed by atoms with Gasteiger partial charge in [0.1, 0.15) is 0 Å². The van der Waals surface area contributed by atoms with Crippen molar-refractivity contribution in [3.8, 4) is 0 Å². The third-order valence-electron chi connectivity index (χ3n) is 6.78. The fraction of sp³-hybridized carbons (Fsp3) is 0.435. The number of hydrogen-bond donors (Lipinski definition) is 1. The molecular weight excluding hydrogens is 469 g/mol. The fourth-order valence-electron chi connectivity index (χ4n) is 4.91. The zero-order valence-electron chi connectivity index (χ0n) is 18.0. The van der Waals surface area contributed by atoms with Crippen LogP contribution < -0.4 is 10.6 Å². The largest absolute Gasteiger partial charge is 0.330 e. The topological polar surface area (TPSA) is 83.7 Å². The van der Waals surface area contributed by atoms with Crippen LogP contribution in [-0.2, 0) is 15.3 Å². The van der Waals surface area contributed by atoms with Crippen molar-refractivity contribution in [2.45, 2.75) is 42.0 Å². The summed E-state index contributed by atoms with van der Waals surface area (Å²) in [5.74, 6) is 0. The molecular formula is C23H29Cl2N3O3S. The highest BCUT2D eigenvalue weighted by atomic mass is 35.5. The Kier molecular flexibility index (Phi) is 7.44. The highest BCUT2D eigenvalue weighted by Crippen LogP contribution is 2.41. The highest BCUT2D eigenvalue weighted by Gasteiger charge is 2.41. The molecule has 0 spiro atoms. The molecule has 0 bridgehead atoms. The summed E-state index contributed by atoms with van der Waals surface area (Å²) in [5.41, 5.74) is 7.91. The van der Waals surface area contributed by atoms with Crippen molar-refractivity contribution < 1.29 is 13.2 Å². The van der Waals surface area contributed by atoms with Crippen LogP contribution in [0.25, 0.3) is 0 Å². The molecule has 6 nitrogen and oxygen atoms in total. The molecule has 2 aliphatic rings. The number of anilines is 1. The maximum absolute atomic E-state index is 13.2. The molecule has 1 saturated carbocycles. The lowest BCUT2D eigenvalue weighted by molar-refractivity contribution is 0.156. The molecule has 0 radical (unpaired) electrons. The van der Waals surface area contributed by atoms with Crippen molar-refractivity contribution in [1.82, 2.24) is 4.90 Å². The second-order valence-corrected chi connectivity index (χ2v) is 11.1. The van der Waals surface area contributed by atoms with Gasteiger partial charge in [-0.15, -0.1) is 12.4 Å². The Bertz CT molecular complexity index is 1090. The highest BCUT2D eigenvalue weighted by molar-refractivity contribution is 7.90. The van der Waals surface area contributed by atoms with Crippen LogP contribution in [0, 0.1) is 0 Å². The summed E-state index contributed by atoms with van der Waals surface area (Å²) in [7, 11) is -3.32. The molecule has 0 unspecified atom stereocenters. The molecule has 2 aromatic carbocycles. The Morgan fingerprint density at radius 1 is 1.09 bits per heavy atom. The molecule has 2 fully saturated rings. The van der Waals surface area contributed by atoms with Crippen molar-refractivity contribution in [3.63, 3.8) is 0 Å². The van der Waals surface area contributed by atoms with Gasteiger partial charge < -0.3 is 10.6 Å². The third kappa shape index (κ3) is 4.76. The Morgan fingerprint density at radius 2 is 1.78 bits per heavy atom. The minimum absolute atomic E-state index is 0. The number of rotatable bonds is 5. The summed E-state index contributed by atoms with van der Waals surface area (Å²) in [6.07, 6.45) is 4.75. The summed E-state index contributed by atoms with van der Waals surface area (Å²) in [6, 6.07) is 14.6. The summed E-state index contributed by atoms with van der Waals surface area (Å²) in [6.45, 7) is 1.75. The van der Waals surface area contributed by atoms with E-state index in [4.69, 9.17) is 17.3 Å². The summed E-state index contributed by atoms with van der Waals surface area (Å²) < 4.78 is 23.8. The average molecular weight is 498 g/mol. The van der Waals surface area contributed by atoms with Gasteiger partial charge in [-0.25, -0.2) is 13.2 Å². The van der Waals surface area contributed by atoms with Crippen molar-refractivity contribution >= 4 is 45.6 Å². The monoisotopic (exact) mass is 497 g/mol. The fourth-order valence-corrected chi connectivity index (χ4v) is 5.76. The molecule has 1 aliphatic carbocycles. The van der Waals surface area contributed by atoms with E-state index in [-0.39, 0.29) is 34.8 Å². The lowest BCUT2D eigenvalue weighted by Crippen LogP contribution is -2.46. The number of halogens is 2. The lowest BCUT2D eigenvalue weighted by Gasteiger charge is -2.42. The number of benzene rings is 2. The number of sulfone groups is 1. The van der Waals surface area contributed by atoms with E-state index >= 15 is 0 Å². The predicted molar refractivity (Wildman–Crippen MR) is 131 cm³/mol. The van der Waals surface area contributed by atoms with Crippen LogP contribution in [0.2, 0.25) is 5.02 Å². The van der Waals surface area contributed by atoms with E-state index in [2.05, 4.69) is 6.07 Å². The Hall–Kier alpha value is -1.80. The number of carbonyl (C=O) groups excluding carboxylic acids is 1. The number of urea groups is 1. The van der Waals surface area contributed by atoms with E-state index in [9.17, 15) is 13.2 Å². The molecule has 2 amide bonds. The minimum Gasteiger partial charge on any atom is -0.330 e. The summed E-state index contributed by atoms with van der Waals surface area (Å²) in [5, 5.41) is 0.717. The van der Waals surface area contributed by atoms with Crippen molar-refractivity contribution in [2.75, 3.05) is 30.8 Å². The molecule has 2 aromatic rings. The third-order valence-corrected chi connectivity index (χ3v) is 8.12. The zero-order valence-corrected chi connectivity index (χ0v) is 20.4. The van der Waals surface area contributed by atoms with E-state index in [0.29, 0.717) is 30.3 Å². The smallest absolute Gasteiger partial charge is 0.324 e. The van der Waals surface area contributed by atoms with Crippen LogP contribution in [0.1, 0.15) is 31.2 Å². The first kappa shape index (κ1) is 24.8. The average Bonchev–Trinajstić information content (AvgIpc) is 3.14. The molecule has 9 heteroatoms. The molecule has 2 N–H and O–H groups in total. The van der Waals surface area contributed by atoms with Crippen LogP contribution in [0.15, 0.2) is 53.4 Å². The van der Waals surface area contributed by atoms with Crippen LogP contribution in [0.5, 0.6) is 0 Å². The van der Waals surface area contributed by atoms with Gasteiger partial charge >= 0.3 is 6.03 Å². The molecule has 0 aromatic heterocycles. The quantitative estimate of drug-likeness (QED) is 0.668. The van der Waals surface area contributed by atoms with Gasteiger partial charge in [-0.2, -0.15) is 0 Å². The number of carbonyl (C=O) groups is 1. The Balaban J connectivity index is 0.00000289. The van der Waals surface area contributed by atoms with Gasteiger partial charge in [0.05, 0.1) is 4.90 Å². The molecule has 32 heavy (non-hydrogen) atoms. The molecule has 1 saturated heterocycles. The zero-order chi connectivity index (χ0) is 22.2. The van der Waals surface area contributed by atoms with E-state index in [1.165, 1.54) is 11.8 Å². The van der Waals surface area contributed by atoms with Gasteiger partial charge in [-0.3, -0.25) is 4.90 Å². The van der Waals surface area contributed by atoms with Gasteiger partial charge in [0, 0.05) is 48.1 Å². The summed E-state index contributed by atoms with van der Waals surface area (Å²) in [4.78, 5) is 17.0. The van der Waals surface area contributed by atoms with Crippen LogP contribution in [0.4, 0.5) is 10.5 Å². The first-order chi connectivity index (χ1) is 14.7. The number of hydrogen-bond acceptors (Lipinski definition) is 4. The van der Waals surface area contributed by atoms with Crippen molar-refractivity contribution in [1.29, 1.82) is 0 Å². The van der Waals surface area contributed by atoms with E-state index in [1.54, 1.807) is 29.2 Å². The first-order valence-electron chi connectivity index (χ1n) is 10.6. The van der Waals surface area contributed by atoms with Crippen LogP contribution in [-0.4, -0.2) is 51.3 Å². The molecule has 1 aliphatic heterocycles. The Labute approximate surface area is 201 Å². The lowest BCUT2D eigenvalue weighted by atomic mass is 9.68. The van der Waals surface area contributed by atoms with Gasteiger partial charge in [0.25, 0.3) is 0 Å². The maximum Gasteiger partial charge on any atom is 0.324 e. The van der Waals surface area contributed by atoms with Gasteiger partial charge in [0.15, 0.2) is 9.84 Å². The molecule has 0 atom stereocenters. The number of nitrogens with zero attached hydrogens (tertiary/aromatic N) is 2.